The van der Waals surface area contributed by atoms with Gasteiger partial charge in [-0.1, -0.05) is 6.07 Å². The third kappa shape index (κ3) is 3.81. The van der Waals surface area contributed by atoms with Gasteiger partial charge in [-0.15, -0.1) is 0 Å². The van der Waals surface area contributed by atoms with Crippen molar-refractivity contribution in [2.24, 2.45) is 5.92 Å². The number of carbonyl (C=O) groups excluding carboxylic acids is 1. The average molecular weight is 346 g/mol. The summed E-state index contributed by atoms with van der Waals surface area (Å²) in [6.45, 7) is 3.01. The topological polar surface area (TPSA) is 71.0 Å². The molecule has 1 aromatic rings. The molecular weight excluding hydrogens is 320 g/mol. The fourth-order valence-corrected chi connectivity index (χ4v) is 3.92. The summed E-state index contributed by atoms with van der Waals surface area (Å²) >= 11 is 0. The monoisotopic (exact) mass is 346 g/mol. The number of aliphatic hydroxyl groups is 1. The Morgan fingerprint density at radius 2 is 2.24 bits per heavy atom. The van der Waals surface area contributed by atoms with E-state index in [1.807, 2.05) is 17.2 Å². The standard InChI is InChI=1S/C19H26N2O4/c22-16-11-15(12-16)19(14-2-3-17-13(10-14)5-9-24-17)20-18(23)4-7-21-6-1-8-25-21/h2-3,10,15-16,19,22H,1,4-9,11-12H2,(H,20,23). The van der Waals surface area contributed by atoms with Gasteiger partial charge in [0.1, 0.15) is 5.75 Å². The van der Waals surface area contributed by atoms with Crippen molar-refractivity contribution in [1.82, 2.24) is 10.4 Å². The fraction of sp³-hybridized carbons (Fsp3) is 0.632. The lowest BCUT2D eigenvalue weighted by Crippen LogP contribution is -2.42. The van der Waals surface area contributed by atoms with Gasteiger partial charge in [-0.05, 0) is 48.4 Å². The number of nitrogens with zero attached hydrogens (tertiary/aromatic N) is 1. The van der Waals surface area contributed by atoms with Crippen molar-refractivity contribution >= 4 is 5.91 Å². The highest BCUT2D eigenvalue weighted by Crippen LogP contribution is 2.39. The molecule has 1 amide bonds. The van der Waals surface area contributed by atoms with Crippen LogP contribution in [-0.4, -0.2) is 48.5 Å². The lowest BCUT2D eigenvalue weighted by atomic mass is 9.75. The summed E-state index contributed by atoms with van der Waals surface area (Å²) in [4.78, 5) is 17.9. The molecule has 1 aliphatic carbocycles. The fourth-order valence-electron chi connectivity index (χ4n) is 3.92. The molecule has 2 N–H and O–H groups in total. The summed E-state index contributed by atoms with van der Waals surface area (Å²) in [6.07, 6.45) is 3.63. The smallest absolute Gasteiger partial charge is 0.221 e. The van der Waals surface area contributed by atoms with E-state index < -0.39 is 0 Å². The lowest BCUT2D eigenvalue weighted by Gasteiger charge is -2.38. The second kappa shape index (κ2) is 7.32. The first-order valence-corrected chi connectivity index (χ1v) is 9.30. The Labute approximate surface area is 148 Å². The van der Waals surface area contributed by atoms with E-state index in [0.717, 1.165) is 56.8 Å². The van der Waals surface area contributed by atoms with Crippen LogP contribution in [-0.2, 0) is 16.1 Å². The second-order valence-corrected chi connectivity index (χ2v) is 7.26. The van der Waals surface area contributed by atoms with E-state index >= 15 is 0 Å². The molecule has 4 rings (SSSR count). The highest BCUT2D eigenvalue weighted by atomic mass is 16.7. The van der Waals surface area contributed by atoms with Crippen LogP contribution in [0.15, 0.2) is 18.2 Å². The molecule has 25 heavy (non-hydrogen) atoms. The molecule has 1 saturated heterocycles. The van der Waals surface area contributed by atoms with Gasteiger partial charge in [0, 0.05) is 25.9 Å². The largest absolute Gasteiger partial charge is 0.493 e. The lowest BCUT2D eigenvalue weighted by molar-refractivity contribution is -0.131. The Balaban J connectivity index is 1.42. The molecule has 0 aromatic heterocycles. The first kappa shape index (κ1) is 16.8. The third-order valence-corrected chi connectivity index (χ3v) is 5.42. The molecular formula is C19H26N2O4. The minimum Gasteiger partial charge on any atom is -0.493 e. The summed E-state index contributed by atoms with van der Waals surface area (Å²) in [6, 6.07) is 6.16. The molecule has 1 aromatic carbocycles. The summed E-state index contributed by atoms with van der Waals surface area (Å²) in [5.41, 5.74) is 2.33. The zero-order valence-corrected chi connectivity index (χ0v) is 14.4. The van der Waals surface area contributed by atoms with Crippen molar-refractivity contribution in [2.75, 3.05) is 26.3 Å². The van der Waals surface area contributed by atoms with Gasteiger partial charge in [0.2, 0.25) is 5.91 Å². The molecule has 0 radical (unpaired) electrons. The zero-order chi connectivity index (χ0) is 17.2. The van der Waals surface area contributed by atoms with E-state index in [1.54, 1.807) is 0 Å². The Bertz CT molecular complexity index is 624. The van der Waals surface area contributed by atoms with Crippen LogP contribution >= 0.6 is 0 Å². The Hall–Kier alpha value is -1.63. The summed E-state index contributed by atoms with van der Waals surface area (Å²) < 4.78 is 5.58. The minimum atomic E-state index is -0.236. The summed E-state index contributed by atoms with van der Waals surface area (Å²) in [5.74, 6) is 1.29. The maximum absolute atomic E-state index is 12.5. The van der Waals surface area contributed by atoms with E-state index in [4.69, 9.17) is 9.57 Å². The predicted molar refractivity (Wildman–Crippen MR) is 92.0 cm³/mol. The Kier molecular flexibility index (Phi) is 4.92. The molecule has 6 nitrogen and oxygen atoms in total. The number of carbonyl (C=O) groups is 1. The van der Waals surface area contributed by atoms with Crippen LogP contribution < -0.4 is 10.1 Å². The van der Waals surface area contributed by atoms with Crippen molar-refractivity contribution in [3.63, 3.8) is 0 Å². The van der Waals surface area contributed by atoms with E-state index in [0.29, 0.717) is 18.9 Å². The predicted octanol–water partition coefficient (Wildman–Crippen LogP) is 1.58. The quantitative estimate of drug-likeness (QED) is 0.818. The van der Waals surface area contributed by atoms with Gasteiger partial charge in [0.15, 0.2) is 0 Å². The van der Waals surface area contributed by atoms with E-state index in [-0.39, 0.29) is 18.1 Å². The molecule has 0 bridgehead atoms. The third-order valence-electron chi connectivity index (χ3n) is 5.42. The van der Waals surface area contributed by atoms with Gasteiger partial charge in [0.25, 0.3) is 0 Å². The molecule has 2 heterocycles. The summed E-state index contributed by atoms with van der Waals surface area (Å²) in [7, 11) is 0. The van der Waals surface area contributed by atoms with Crippen LogP contribution in [0.4, 0.5) is 0 Å². The minimum absolute atomic E-state index is 0.0404. The molecule has 1 atom stereocenters. The van der Waals surface area contributed by atoms with Gasteiger partial charge < -0.3 is 15.2 Å². The molecule has 3 aliphatic rings. The summed E-state index contributed by atoms with van der Waals surface area (Å²) in [5, 5.41) is 14.8. The van der Waals surface area contributed by atoms with E-state index in [1.165, 1.54) is 5.56 Å². The molecule has 1 saturated carbocycles. The SMILES string of the molecule is O=C(CCN1CCCO1)NC(c1ccc2c(c1)CCO2)C1CC(O)C1. The highest BCUT2D eigenvalue weighted by Gasteiger charge is 2.36. The van der Waals surface area contributed by atoms with Gasteiger partial charge in [-0.25, -0.2) is 0 Å². The molecule has 136 valence electrons. The van der Waals surface area contributed by atoms with E-state index in [9.17, 15) is 9.90 Å². The number of nitrogens with one attached hydrogen (secondary N) is 1. The van der Waals surface area contributed by atoms with Crippen molar-refractivity contribution in [1.29, 1.82) is 0 Å². The van der Waals surface area contributed by atoms with Crippen LogP contribution in [0.5, 0.6) is 5.75 Å². The molecule has 6 heteroatoms. The molecule has 2 fully saturated rings. The number of fused-ring (bicyclic) bond motifs is 1. The average Bonchev–Trinajstić information content (AvgIpc) is 3.25. The van der Waals surface area contributed by atoms with E-state index in [2.05, 4.69) is 11.4 Å². The highest BCUT2D eigenvalue weighted by molar-refractivity contribution is 5.76. The first-order chi connectivity index (χ1) is 12.2. The molecule has 2 aliphatic heterocycles. The number of hydrogen-bond acceptors (Lipinski definition) is 5. The molecule has 0 spiro atoms. The van der Waals surface area contributed by atoms with Crippen molar-refractivity contribution < 1.29 is 19.5 Å². The first-order valence-electron chi connectivity index (χ1n) is 9.30. The van der Waals surface area contributed by atoms with Crippen molar-refractivity contribution in [3.8, 4) is 5.75 Å². The number of amides is 1. The maximum Gasteiger partial charge on any atom is 0.221 e. The zero-order valence-electron chi connectivity index (χ0n) is 14.4. The van der Waals surface area contributed by atoms with Crippen LogP contribution in [0.1, 0.15) is 42.9 Å². The number of rotatable bonds is 6. The Morgan fingerprint density at radius 1 is 1.36 bits per heavy atom. The van der Waals surface area contributed by atoms with Crippen molar-refractivity contribution in [2.45, 2.75) is 44.2 Å². The number of hydrogen-bond donors (Lipinski definition) is 2. The molecule has 1 unspecified atom stereocenters. The maximum atomic E-state index is 12.5. The number of benzene rings is 1. The van der Waals surface area contributed by atoms with Crippen molar-refractivity contribution in [3.05, 3.63) is 29.3 Å². The normalized spacial score (nSPS) is 26.6. The van der Waals surface area contributed by atoms with Crippen LogP contribution in [0.2, 0.25) is 0 Å². The number of aliphatic hydroxyl groups excluding tert-OH is 1. The van der Waals surface area contributed by atoms with Gasteiger partial charge in [-0.2, -0.15) is 5.06 Å². The van der Waals surface area contributed by atoms with Gasteiger partial charge in [0.05, 0.1) is 25.4 Å². The number of hydroxylamine groups is 2. The van der Waals surface area contributed by atoms with Gasteiger partial charge >= 0.3 is 0 Å². The van der Waals surface area contributed by atoms with Gasteiger partial charge in [-0.3, -0.25) is 9.63 Å². The van der Waals surface area contributed by atoms with Crippen LogP contribution in [0.3, 0.4) is 0 Å². The van der Waals surface area contributed by atoms with Crippen LogP contribution in [0.25, 0.3) is 0 Å². The Morgan fingerprint density at radius 3 is 3.00 bits per heavy atom. The van der Waals surface area contributed by atoms with Crippen LogP contribution in [0, 0.1) is 5.92 Å². The number of ether oxygens (including phenoxy) is 1. The second-order valence-electron chi connectivity index (χ2n) is 7.26.